The lowest BCUT2D eigenvalue weighted by molar-refractivity contribution is -0.134. The zero-order valence-electron chi connectivity index (χ0n) is 19.5. The highest BCUT2D eigenvalue weighted by Crippen LogP contribution is 2.57. The summed E-state index contributed by atoms with van der Waals surface area (Å²) in [7, 11) is -2.28. The molecule has 1 N–H and O–H groups in total. The standard InChI is InChI=1S/C25H27FN2O5S2/c1-27-25(13-16-8-9-17(25)10-16)15-28(18-6-4-3-5-7-18)20-11-22(34-2)21(12-23(20)35(27,31)32)33-14-19(26)24(29)30/h3-7,11-12,14,16-17H,8-10,13,15H2,1-2H3,(H,29,30)/b19-14-. The first-order valence-corrected chi connectivity index (χ1v) is 14.1. The third kappa shape index (κ3) is 3.91. The molecule has 1 heterocycles. The van der Waals surface area contributed by atoms with E-state index in [0.29, 0.717) is 29.3 Å². The molecule has 2 saturated carbocycles. The molecule has 7 nitrogen and oxygen atoms in total. The molecule has 1 spiro atoms. The number of carboxylic acid groups (broad SMARTS) is 1. The van der Waals surface area contributed by atoms with Gasteiger partial charge in [-0.15, -0.1) is 11.8 Å². The second-order valence-electron chi connectivity index (χ2n) is 9.44. The molecule has 0 saturated heterocycles. The number of rotatable bonds is 5. The number of hydrogen-bond donors (Lipinski definition) is 1. The molecule has 35 heavy (non-hydrogen) atoms. The van der Waals surface area contributed by atoms with E-state index in [1.807, 2.05) is 30.3 Å². The maximum Gasteiger partial charge on any atom is 0.368 e. The Morgan fingerprint density at radius 3 is 2.60 bits per heavy atom. The second-order valence-corrected chi connectivity index (χ2v) is 12.2. The summed E-state index contributed by atoms with van der Waals surface area (Å²) in [6.07, 6.45) is 6.27. The molecule has 0 amide bonds. The number of benzene rings is 2. The van der Waals surface area contributed by atoms with Gasteiger partial charge in [0.25, 0.3) is 0 Å². The van der Waals surface area contributed by atoms with E-state index < -0.39 is 27.4 Å². The van der Waals surface area contributed by atoms with Crippen LogP contribution in [0.5, 0.6) is 5.75 Å². The number of thioether (sulfide) groups is 1. The normalized spacial score (nSPS) is 27.6. The van der Waals surface area contributed by atoms with Gasteiger partial charge >= 0.3 is 5.97 Å². The lowest BCUT2D eigenvalue weighted by atomic mass is 9.80. The van der Waals surface area contributed by atoms with Gasteiger partial charge in [0.15, 0.2) is 0 Å². The zero-order chi connectivity index (χ0) is 25.0. The quantitative estimate of drug-likeness (QED) is 0.338. The van der Waals surface area contributed by atoms with Crippen LogP contribution in [0.25, 0.3) is 0 Å². The maximum atomic E-state index is 14.1. The number of carboxylic acids is 1. The van der Waals surface area contributed by atoms with Crippen molar-refractivity contribution in [2.24, 2.45) is 11.8 Å². The van der Waals surface area contributed by atoms with Gasteiger partial charge in [-0.05, 0) is 55.6 Å². The molecular formula is C25H27FN2O5S2. The summed E-state index contributed by atoms with van der Waals surface area (Å²) in [4.78, 5) is 13.6. The number of fused-ring (bicyclic) bond motifs is 4. The van der Waals surface area contributed by atoms with Crippen molar-refractivity contribution < 1.29 is 27.4 Å². The average molecular weight is 519 g/mol. The van der Waals surface area contributed by atoms with Crippen LogP contribution in [-0.4, -0.2) is 49.2 Å². The largest absolute Gasteiger partial charge is 0.476 e. The Morgan fingerprint density at radius 1 is 1.26 bits per heavy atom. The molecule has 2 aliphatic carbocycles. The molecule has 1 aliphatic heterocycles. The van der Waals surface area contributed by atoms with Crippen LogP contribution in [0.4, 0.5) is 15.8 Å². The van der Waals surface area contributed by atoms with Gasteiger partial charge in [0.05, 0.1) is 16.1 Å². The molecule has 2 fully saturated rings. The first-order valence-electron chi connectivity index (χ1n) is 11.5. The van der Waals surface area contributed by atoms with E-state index in [9.17, 15) is 17.6 Å². The van der Waals surface area contributed by atoms with E-state index in [0.717, 1.165) is 31.4 Å². The number of likely N-dealkylation sites (N-methyl/N-ethyl adjacent to an activating group) is 1. The van der Waals surface area contributed by atoms with E-state index in [1.165, 1.54) is 17.8 Å². The van der Waals surface area contributed by atoms with Crippen LogP contribution in [0.15, 0.2) is 64.3 Å². The van der Waals surface area contributed by atoms with Crippen LogP contribution in [-0.2, 0) is 14.8 Å². The number of aliphatic carboxylic acids is 1. The molecule has 0 aromatic heterocycles. The van der Waals surface area contributed by atoms with Gasteiger partial charge in [-0.1, -0.05) is 24.6 Å². The molecule has 3 atom stereocenters. The number of sulfonamides is 1. The number of anilines is 2. The number of hydrogen-bond acceptors (Lipinski definition) is 6. The fourth-order valence-electron chi connectivity index (χ4n) is 6.04. The Bertz CT molecular complexity index is 1300. The fourth-order valence-corrected chi connectivity index (χ4v) is 8.33. The molecule has 3 unspecified atom stereocenters. The number of carbonyl (C=O) groups is 1. The topological polar surface area (TPSA) is 87.1 Å². The summed E-state index contributed by atoms with van der Waals surface area (Å²) in [6, 6.07) is 12.9. The van der Waals surface area contributed by atoms with Crippen molar-refractivity contribution in [3.8, 4) is 5.75 Å². The Morgan fingerprint density at radius 2 is 2.00 bits per heavy atom. The minimum atomic E-state index is -3.94. The second kappa shape index (κ2) is 8.83. The minimum Gasteiger partial charge on any atom is -0.476 e. The molecule has 3 aliphatic rings. The molecule has 2 aromatic carbocycles. The van der Waals surface area contributed by atoms with Crippen LogP contribution in [0, 0.1) is 11.8 Å². The molecule has 186 valence electrons. The van der Waals surface area contributed by atoms with Crippen molar-refractivity contribution in [3.05, 3.63) is 54.6 Å². The van der Waals surface area contributed by atoms with Gasteiger partial charge in [0.1, 0.15) is 16.9 Å². The smallest absolute Gasteiger partial charge is 0.368 e. The third-order valence-corrected chi connectivity index (χ3v) is 10.5. The lowest BCUT2D eigenvalue weighted by Gasteiger charge is -2.45. The predicted molar refractivity (Wildman–Crippen MR) is 132 cm³/mol. The Hall–Kier alpha value is -2.56. The van der Waals surface area contributed by atoms with Crippen molar-refractivity contribution in [2.45, 2.75) is 41.0 Å². The number of nitrogens with zero attached hydrogens (tertiary/aromatic N) is 2. The molecule has 0 radical (unpaired) electrons. The Balaban J connectivity index is 1.71. The highest BCUT2D eigenvalue weighted by molar-refractivity contribution is 7.98. The molecule has 5 rings (SSSR count). The van der Waals surface area contributed by atoms with Crippen LogP contribution < -0.4 is 9.64 Å². The summed E-state index contributed by atoms with van der Waals surface area (Å²) in [5.74, 6) is -2.36. The van der Waals surface area contributed by atoms with Gasteiger partial charge in [-0.3, -0.25) is 0 Å². The molecule has 2 bridgehead atoms. The van der Waals surface area contributed by atoms with Crippen LogP contribution in [0.3, 0.4) is 0 Å². The monoisotopic (exact) mass is 518 g/mol. The Labute approximate surface area is 208 Å². The van der Waals surface area contributed by atoms with Gasteiger partial charge in [0.2, 0.25) is 15.9 Å². The van der Waals surface area contributed by atoms with E-state index >= 15 is 0 Å². The van der Waals surface area contributed by atoms with Crippen molar-refractivity contribution in [3.63, 3.8) is 0 Å². The highest BCUT2D eigenvalue weighted by Gasteiger charge is 2.58. The van der Waals surface area contributed by atoms with Gasteiger partial charge in [-0.25, -0.2) is 13.2 Å². The maximum absolute atomic E-state index is 14.1. The van der Waals surface area contributed by atoms with Crippen molar-refractivity contribution in [1.29, 1.82) is 0 Å². The van der Waals surface area contributed by atoms with Crippen molar-refractivity contribution in [2.75, 3.05) is 24.7 Å². The summed E-state index contributed by atoms with van der Waals surface area (Å²) in [5.41, 5.74) is 0.882. The van der Waals surface area contributed by atoms with Crippen LogP contribution in [0.1, 0.15) is 25.7 Å². The summed E-state index contributed by atoms with van der Waals surface area (Å²) in [5, 5.41) is 8.83. The highest BCUT2D eigenvalue weighted by atomic mass is 32.2. The predicted octanol–water partition coefficient (Wildman–Crippen LogP) is 5.01. The molecule has 10 heteroatoms. The zero-order valence-corrected chi connectivity index (χ0v) is 21.1. The van der Waals surface area contributed by atoms with E-state index in [4.69, 9.17) is 9.84 Å². The number of ether oxygens (including phenoxy) is 1. The van der Waals surface area contributed by atoms with E-state index in [1.54, 1.807) is 23.7 Å². The van der Waals surface area contributed by atoms with Gasteiger partial charge < -0.3 is 14.7 Å². The fraction of sp³-hybridized carbons (Fsp3) is 0.400. The average Bonchev–Trinajstić information content (AvgIpc) is 3.45. The van der Waals surface area contributed by atoms with Gasteiger partial charge in [0, 0.05) is 25.3 Å². The van der Waals surface area contributed by atoms with Crippen molar-refractivity contribution >= 4 is 39.1 Å². The van der Waals surface area contributed by atoms with E-state index in [-0.39, 0.29) is 16.6 Å². The number of halogens is 1. The summed E-state index contributed by atoms with van der Waals surface area (Å²) >= 11 is 1.31. The van der Waals surface area contributed by atoms with Gasteiger partial charge in [-0.2, -0.15) is 8.70 Å². The minimum absolute atomic E-state index is 0.0560. The van der Waals surface area contributed by atoms with Crippen molar-refractivity contribution in [1.82, 2.24) is 4.31 Å². The number of para-hydroxylation sites is 1. The SMILES string of the molecule is CSc1cc2c(cc1O/C=C(\F)C(=O)O)S(=O)(=O)N(C)C1(CC3CCC1C3)CN2c1ccccc1. The summed E-state index contributed by atoms with van der Waals surface area (Å²) in [6.45, 7) is 0.530. The summed E-state index contributed by atoms with van der Waals surface area (Å²) < 4.78 is 48.7. The first kappa shape index (κ1) is 24.1. The van der Waals surface area contributed by atoms with Crippen LogP contribution >= 0.6 is 11.8 Å². The van der Waals surface area contributed by atoms with Crippen LogP contribution in [0.2, 0.25) is 0 Å². The molecule has 2 aromatic rings. The first-order chi connectivity index (χ1) is 16.7. The lowest BCUT2D eigenvalue weighted by Crippen LogP contribution is -2.57. The Kier molecular flexibility index (Phi) is 6.09. The third-order valence-electron chi connectivity index (χ3n) is 7.74. The molecular weight excluding hydrogens is 491 g/mol. The van der Waals surface area contributed by atoms with E-state index in [2.05, 4.69) is 4.90 Å².